The first-order valence-corrected chi connectivity index (χ1v) is 4.17. The van der Waals surface area contributed by atoms with Crippen LogP contribution >= 0.6 is 0 Å². The molecule has 1 aliphatic rings. The van der Waals surface area contributed by atoms with E-state index in [0.29, 0.717) is 5.56 Å². The minimum atomic E-state index is -4.25. The lowest BCUT2D eigenvalue weighted by atomic mass is 9.97. The van der Waals surface area contributed by atoms with Gasteiger partial charge in [0.25, 0.3) is 0 Å². The highest BCUT2D eigenvalue weighted by atomic mass is 19.4. The van der Waals surface area contributed by atoms with E-state index in [9.17, 15) is 13.2 Å². The summed E-state index contributed by atoms with van der Waals surface area (Å²) < 4.78 is 37.6. The summed E-state index contributed by atoms with van der Waals surface area (Å²) >= 11 is 0. The van der Waals surface area contributed by atoms with Gasteiger partial charge in [-0.3, -0.25) is 0 Å². The van der Waals surface area contributed by atoms with Crippen molar-refractivity contribution < 1.29 is 13.2 Å². The molecule has 0 saturated heterocycles. The first kappa shape index (κ1) is 9.12. The third kappa shape index (κ3) is 1.47. The van der Waals surface area contributed by atoms with Crippen molar-refractivity contribution in [2.24, 2.45) is 0 Å². The zero-order chi connectivity index (χ0) is 10.2. The summed E-state index contributed by atoms with van der Waals surface area (Å²) in [6.07, 6.45) is -1.28. The monoisotopic (exact) mass is 199 g/mol. The maximum Gasteiger partial charge on any atom is 0.412 e. The molecule has 0 aliphatic carbocycles. The van der Waals surface area contributed by atoms with Gasteiger partial charge < -0.3 is 5.32 Å². The maximum atomic E-state index is 12.5. The second kappa shape index (κ2) is 3.04. The van der Waals surface area contributed by atoms with Gasteiger partial charge in [-0.2, -0.15) is 13.2 Å². The fraction of sp³-hybridized carbons (Fsp3) is 0.200. The summed E-state index contributed by atoms with van der Waals surface area (Å²) in [6.45, 7) is 0. The largest absolute Gasteiger partial charge is 0.412 e. The molecule has 14 heavy (non-hydrogen) atoms. The van der Waals surface area contributed by atoms with Crippen molar-refractivity contribution in [3.8, 4) is 0 Å². The lowest BCUT2D eigenvalue weighted by molar-refractivity contribution is -0.155. The third-order valence-corrected chi connectivity index (χ3v) is 2.16. The number of benzene rings is 1. The van der Waals surface area contributed by atoms with Gasteiger partial charge in [-0.15, -0.1) is 0 Å². The SMILES string of the molecule is FC(F)(F)C1NC=Cc2ccccc21. The van der Waals surface area contributed by atoms with Crippen molar-refractivity contribution in [1.82, 2.24) is 5.32 Å². The van der Waals surface area contributed by atoms with Crippen LogP contribution in [0, 0.1) is 0 Å². The third-order valence-electron chi connectivity index (χ3n) is 2.16. The van der Waals surface area contributed by atoms with Gasteiger partial charge in [-0.05, 0) is 23.4 Å². The molecule has 0 spiro atoms. The molecule has 1 atom stereocenters. The Bertz CT molecular complexity index is 368. The predicted octanol–water partition coefficient (Wildman–Crippen LogP) is 2.86. The smallest absolute Gasteiger partial charge is 0.376 e. The highest BCUT2D eigenvalue weighted by Gasteiger charge is 2.41. The Morgan fingerprint density at radius 2 is 1.86 bits per heavy atom. The molecule has 1 nitrogen and oxygen atoms in total. The maximum absolute atomic E-state index is 12.5. The molecular weight excluding hydrogens is 191 g/mol. The number of alkyl halides is 3. The summed E-state index contributed by atoms with van der Waals surface area (Å²) in [5.41, 5.74) is 0.899. The Labute approximate surface area is 79.2 Å². The summed E-state index contributed by atoms with van der Waals surface area (Å²) in [5, 5.41) is 2.31. The Balaban J connectivity index is 2.46. The van der Waals surface area contributed by atoms with Gasteiger partial charge in [0, 0.05) is 0 Å². The lowest BCUT2D eigenvalue weighted by Crippen LogP contribution is -2.33. The summed E-state index contributed by atoms with van der Waals surface area (Å²) in [5.74, 6) is 0. The summed E-state index contributed by atoms with van der Waals surface area (Å²) in [4.78, 5) is 0. The molecule has 1 aromatic carbocycles. The van der Waals surface area contributed by atoms with Gasteiger partial charge in [0.1, 0.15) is 6.04 Å². The number of hydrogen-bond acceptors (Lipinski definition) is 1. The average Bonchev–Trinajstić information content (AvgIpc) is 2.15. The molecule has 0 aromatic heterocycles. The van der Waals surface area contributed by atoms with Crippen LogP contribution in [0.15, 0.2) is 30.5 Å². The Morgan fingerprint density at radius 1 is 1.14 bits per heavy atom. The molecule has 74 valence electrons. The van der Waals surface area contributed by atoms with Crippen LogP contribution in [0.4, 0.5) is 13.2 Å². The quantitative estimate of drug-likeness (QED) is 0.677. The molecule has 0 amide bonds. The van der Waals surface area contributed by atoms with Gasteiger partial charge in [-0.1, -0.05) is 24.3 Å². The van der Waals surface area contributed by atoms with Crippen LogP contribution in [0.1, 0.15) is 17.2 Å². The minimum absolute atomic E-state index is 0.280. The molecule has 0 bridgehead atoms. The zero-order valence-corrected chi connectivity index (χ0v) is 7.18. The van der Waals surface area contributed by atoms with E-state index in [-0.39, 0.29) is 5.56 Å². The zero-order valence-electron chi connectivity index (χ0n) is 7.18. The normalized spacial score (nSPS) is 20.1. The van der Waals surface area contributed by atoms with E-state index >= 15 is 0 Å². The average molecular weight is 199 g/mol. The lowest BCUT2D eigenvalue weighted by Gasteiger charge is -2.25. The Kier molecular flexibility index (Phi) is 1.98. The fourth-order valence-corrected chi connectivity index (χ4v) is 1.52. The van der Waals surface area contributed by atoms with Crippen LogP contribution in [-0.4, -0.2) is 6.18 Å². The molecule has 0 fully saturated rings. The van der Waals surface area contributed by atoms with Gasteiger partial charge in [0.2, 0.25) is 0 Å². The topological polar surface area (TPSA) is 12.0 Å². The van der Waals surface area contributed by atoms with Gasteiger partial charge in [0.05, 0.1) is 0 Å². The van der Waals surface area contributed by atoms with Crippen molar-refractivity contribution >= 4 is 6.08 Å². The minimum Gasteiger partial charge on any atom is -0.376 e. The molecular formula is C10H8F3N. The van der Waals surface area contributed by atoms with Crippen LogP contribution < -0.4 is 5.32 Å². The number of nitrogens with one attached hydrogen (secondary N) is 1. The van der Waals surface area contributed by atoms with Crippen LogP contribution in [0.5, 0.6) is 0 Å². The molecule has 1 aromatic rings. The highest BCUT2D eigenvalue weighted by molar-refractivity contribution is 5.57. The van der Waals surface area contributed by atoms with Gasteiger partial charge in [-0.25, -0.2) is 0 Å². The molecule has 1 unspecified atom stereocenters. The van der Waals surface area contributed by atoms with E-state index in [1.807, 2.05) is 0 Å². The van der Waals surface area contributed by atoms with Gasteiger partial charge >= 0.3 is 6.18 Å². The van der Waals surface area contributed by atoms with E-state index in [1.54, 1.807) is 24.3 Å². The number of rotatable bonds is 0. The molecule has 4 heteroatoms. The highest BCUT2D eigenvalue weighted by Crippen LogP contribution is 2.36. The van der Waals surface area contributed by atoms with E-state index in [0.717, 1.165) is 0 Å². The molecule has 2 rings (SSSR count). The first-order valence-electron chi connectivity index (χ1n) is 4.17. The Hall–Kier alpha value is -1.45. The van der Waals surface area contributed by atoms with Crippen molar-refractivity contribution in [1.29, 1.82) is 0 Å². The van der Waals surface area contributed by atoms with Crippen LogP contribution in [0.2, 0.25) is 0 Å². The van der Waals surface area contributed by atoms with Crippen LogP contribution in [0.3, 0.4) is 0 Å². The number of fused-ring (bicyclic) bond motifs is 1. The summed E-state index contributed by atoms with van der Waals surface area (Å²) in [6, 6.07) is 4.92. The van der Waals surface area contributed by atoms with Crippen LogP contribution in [-0.2, 0) is 0 Å². The van der Waals surface area contributed by atoms with E-state index < -0.39 is 12.2 Å². The van der Waals surface area contributed by atoms with Crippen molar-refractivity contribution in [3.63, 3.8) is 0 Å². The molecule has 1 aliphatic heterocycles. The van der Waals surface area contributed by atoms with E-state index in [2.05, 4.69) is 5.32 Å². The van der Waals surface area contributed by atoms with E-state index in [4.69, 9.17) is 0 Å². The molecule has 0 saturated carbocycles. The first-order chi connectivity index (χ1) is 6.59. The molecule has 0 radical (unpaired) electrons. The molecule has 1 N–H and O–H groups in total. The second-order valence-corrected chi connectivity index (χ2v) is 3.10. The summed E-state index contributed by atoms with van der Waals surface area (Å²) in [7, 11) is 0. The van der Waals surface area contributed by atoms with Crippen molar-refractivity contribution in [3.05, 3.63) is 41.6 Å². The number of hydrogen-bond donors (Lipinski definition) is 1. The van der Waals surface area contributed by atoms with E-state index in [1.165, 1.54) is 12.3 Å². The fourth-order valence-electron chi connectivity index (χ4n) is 1.52. The van der Waals surface area contributed by atoms with Crippen molar-refractivity contribution in [2.45, 2.75) is 12.2 Å². The second-order valence-electron chi connectivity index (χ2n) is 3.10. The predicted molar refractivity (Wildman–Crippen MR) is 47.4 cm³/mol. The number of halogens is 3. The standard InChI is InChI=1S/C10H8F3N/c11-10(12,13)9-8-4-2-1-3-7(8)5-6-14-9/h1-6,9,14H. The Morgan fingerprint density at radius 3 is 2.57 bits per heavy atom. The molecule has 1 heterocycles. The van der Waals surface area contributed by atoms with Crippen molar-refractivity contribution in [2.75, 3.05) is 0 Å². The van der Waals surface area contributed by atoms with Crippen LogP contribution in [0.25, 0.3) is 6.08 Å². The van der Waals surface area contributed by atoms with Gasteiger partial charge in [0.15, 0.2) is 0 Å².